The first-order valence-corrected chi connectivity index (χ1v) is 5.99. The van der Waals surface area contributed by atoms with Crippen molar-refractivity contribution >= 4 is 11.6 Å². The van der Waals surface area contributed by atoms with Crippen LogP contribution in [-0.4, -0.2) is 37.1 Å². The molecule has 0 saturated carbocycles. The van der Waals surface area contributed by atoms with Gasteiger partial charge >= 0.3 is 0 Å². The SMILES string of the molecule is CCOCCN(CC)c1ncccc1C(C)=O. The Labute approximate surface area is 103 Å². The number of hydrogen-bond donors (Lipinski definition) is 0. The molecule has 4 heteroatoms. The van der Waals surface area contributed by atoms with Crippen molar-refractivity contribution in [1.82, 2.24) is 4.98 Å². The van der Waals surface area contributed by atoms with Crippen molar-refractivity contribution in [2.75, 3.05) is 31.2 Å². The zero-order valence-corrected chi connectivity index (χ0v) is 10.8. The fourth-order valence-corrected chi connectivity index (χ4v) is 1.66. The predicted molar refractivity (Wildman–Crippen MR) is 68.6 cm³/mol. The fourth-order valence-electron chi connectivity index (χ4n) is 1.66. The topological polar surface area (TPSA) is 42.4 Å². The van der Waals surface area contributed by atoms with Gasteiger partial charge in [-0.15, -0.1) is 0 Å². The maximum absolute atomic E-state index is 11.5. The van der Waals surface area contributed by atoms with Gasteiger partial charge in [0.15, 0.2) is 5.78 Å². The van der Waals surface area contributed by atoms with E-state index >= 15 is 0 Å². The summed E-state index contributed by atoms with van der Waals surface area (Å²) in [5.74, 6) is 0.796. The van der Waals surface area contributed by atoms with E-state index in [1.165, 1.54) is 0 Å². The number of carbonyl (C=O) groups is 1. The van der Waals surface area contributed by atoms with Gasteiger partial charge in [-0.3, -0.25) is 4.79 Å². The lowest BCUT2D eigenvalue weighted by molar-refractivity contribution is 0.101. The van der Waals surface area contributed by atoms with E-state index < -0.39 is 0 Å². The maximum Gasteiger partial charge on any atom is 0.163 e. The van der Waals surface area contributed by atoms with E-state index in [4.69, 9.17) is 4.74 Å². The van der Waals surface area contributed by atoms with Gasteiger partial charge in [0.1, 0.15) is 5.82 Å². The molecule has 1 heterocycles. The Morgan fingerprint density at radius 3 is 2.82 bits per heavy atom. The Balaban J connectivity index is 2.83. The number of likely N-dealkylation sites (N-methyl/N-ethyl adjacent to an activating group) is 1. The highest BCUT2D eigenvalue weighted by molar-refractivity contribution is 5.98. The van der Waals surface area contributed by atoms with E-state index in [0.717, 1.165) is 18.9 Å². The van der Waals surface area contributed by atoms with Crippen molar-refractivity contribution in [2.45, 2.75) is 20.8 Å². The van der Waals surface area contributed by atoms with Crippen molar-refractivity contribution in [3.05, 3.63) is 23.9 Å². The molecule has 94 valence electrons. The quantitative estimate of drug-likeness (QED) is 0.537. The molecule has 0 unspecified atom stereocenters. The van der Waals surface area contributed by atoms with Gasteiger partial charge in [-0.25, -0.2) is 4.98 Å². The molecule has 0 aliphatic carbocycles. The summed E-state index contributed by atoms with van der Waals surface area (Å²) in [6.45, 7) is 8.50. The molecule has 1 aromatic rings. The third kappa shape index (κ3) is 3.82. The summed E-state index contributed by atoms with van der Waals surface area (Å²) in [5.41, 5.74) is 0.672. The normalized spacial score (nSPS) is 10.3. The van der Waals surface area contributed by atoms with Gasteiger partial charge in [0.05, 0.1) is 12.2 Å². The molecule has 0 amide bonds. The highest BCUT2D eigenvalue weighted by Crippen LogP contribution is 2.17. The second kappa shape index (κ2) is 7.01. The van der Waals surface area contributed by atoms with Gasteiger partial charge < -0.3 is 9.64 Å². The largest absolute Gasteiger partial charge is 0.380 e. The minimum atomic E-state index is 0.0444. The molecule has 0 atom stereocenters. The number of carbonyl (C=O) groups excluding carboxylic acids is 1. The van der Waals surface area contributed by atoms with Crippen LogP contribution in [0.15, 0.2) is 18.3 Å². The minimum absolute atomic E-state index is 0.0444. The van der Waals surface area contributed by atoms with Crippen LogP contribution in [0.3, 0.4) is 0 Å². The molecule has 0 aliphatic rings. The third-order valence-corrected chi connectivity index (χ3v) is 2.56. The van der Waals surface area contributed by atoms with Crippen LogP contribution in [0, 0.1) is 0 Å². The highest BCUT2D eigenvalue weighted by atomic mass is 16.5. The van der Waals surface area contributed by atoms with E-state index in [1.807, 2.05) is 19.9 Å². The summed E-state index contributed by atoms with van der Waals surface area (Å²) >= 11 is 0. The number of aromatic nitrogens is 1. The van der Waals surface area contributed by atoms with Crippen LogP contribution in [0.5, 0.6) is 0 Å². The van der Waals surface area contributed by atoms with Crippen LogP contribution in [0.25, 0.3) is 0 Å². The smallest absolute Gasteiger partial charge is 0.163 e. The molecule has 1 rings (SSSR count). The van der Waals surface area contributed by atoms with E-state index in [0.29, 0.717) is 18.8 Å². The zero-order valence-electron chi connectivity index (χ0n) is 10.8. The summed E-state index contributed by atoms with van der Waals surface area (Å²) in [7, 11) is 0. The summed E-state index contributed by atoms with van der Waals surface area (Å²) in [4.78, 5) is 17.9. The van der Waals surface area contributed by atoms with Gasteiger partial charge in [-0.2, -0.15) is 0 Å². The summed E-state index contributed by atoms with van der Waals surface area (Å²) in [5, 5.41) is 0. The standard InChI is InChI=1S/C13H20N2O2/c1-4-15(9-10-17-5-2)13-12(11(3)16)7-6-8-14-13/h6-8H,4-5,9-10H2,1-3H3. The van der Waals surface area contributed by atoms with Crippen molar-refractivity contribution in [1.29, 1.82) is 0 Å². The third-order valence-electron chi connectivity index (χ3n) is 2.56. The van der Waals surface area contributed by atoms with Crippen LogP contribution < -0.4 is 4.90 Å². The molecular weight excluding hydrogens is 216 g/mol. The molecule has 0 fully saturated rings. The first-order valence-electron chi connectivity index (χ1n) is 5.99. The molecule has 0 saturated heterocycles. The van der Waals surface area contributed by atoms with Crippen molar-refractivity contribution in [2.24, 2.45) is 0 Å². The van der Waals surface area contributed by atoms with Crippen LogP contribution >= 0.6 is 0 Å². The molecule has 1 aromatic heterocycles. The fraction of sp³-hybridized carbons (Fsp3) is 0.538. The first kappa shape index (κ1) is 13.6. The predicted octanol–water partition coefficient (Wildman–Crippen LogP) is 2.15. The van der Waals surface area contributed by atoms with E-state index in [-0.39, 0.29) is 5.78 Å². The van der Waals surface area contributed by atoms with Crippen LogP contribution in [0.4, 0.5) is 5.82 Å². The number of hydrogen-bond acceptors (Lipinski definition) is 4. The van der Waals surface area contributed by atoms with Crippen LogP contribution in [-0.2, 0) is 4.74 Å². The number of Topliss-reactive ketones (excluding diaryl/α,β-unsaturated/α-hetero) is 1. The van der Waals surface area contributed by atoms with E-state index in [1.54, 1.807) is 19.2 Å². The van der Waals surface area contributed by atoms with E-state index in [2.05, 4.69) is 9.88 Å². The van der Waals surface area contributed by atoms with Gasteiger partial charge in [-0.05, 0) is 32.9 Å². The minimum Gasteiger partial charge on any atom is -0.380 e. The van der Waals surface area contributed by atoms with Crippen molar-refractivity contribution in [3.8, 4) is 0 Å². The lowest BCUT2D eigenvalue weighted by atomic mass is 10.2. The molecule has 0 bridgehead atoms. The maximum atomic E-state index is 11.5. The van der Waals surface area contributed by atoms with E-state index in [9.17, 15) is 4.79 Å². The molecule has 0 aliphatic heterocycles. The van der Waals surface area contributed by atoms with Crippen molar-refractivity contribution in [3.63, 3.8) is 0 Å². The number of pyridine rings is 1. The Morgan fingerprint density at radius 1 is 1.47 bits per heavy atom. The number of anilines is 1. The molecule has 17 heavy (non-hydrogen) atoms. The number of ketones is 1. The Morgan fingerprint density at radius 2 is 2.24 bits per heavy atom. The Hall–Kier alpha value is -1.42. The molecular formula is C13H20N2O2. The first-order chi connectivity index (χ1) is 8.20. The van der Waals surface area contributed by atoms with Crippen LogP contribution in [0.2, 0.25) is 0 Å². The number of nitrogens with zero attached hydrogens (tertiary/aromatic N) is 2. The Kier molecular flexibility index (Phi) is 5.63. The number of ether oxygens (including phenoxy) is 1. The van der Waals surface area contributed by atoms with Gasteiger partial charge in [0.2, 0.25) is 0 Å². The van der Waals surface area contributed by atoms with Crippen molar-refractivity contribution < 1.29 is 9.53 Å². The molecule has 0 radical (unpaired) electrons. The lowest BCUT2D eigenvalue weighted by Crippen LogP contribution is -2.29. The molecule has 0 spiro atoms. The highest BCUT2D eigenvalue weighted by Gasteiger charge is 2.13. The molecule has 4 nitrogen and oxygen atoms in total. The van der Waals surface area contributed by atoms with Gasteiger partial charge in [-0.1, -0.05) is 0 Å². The summed E-state index contributed by atoms with van der Waals surface area (Å²) in [6, 6.07) is 3.60. The Bertz CT molecular complexity index is 366. The zero-order chi connectivity index (χ0) is 12.7. The molecule has 0 N–H and O–H groups in total. The van der Waals surface area contributed by atoms with Crippen LogP contribution in [0.1, 0.15) is 31.1 Å². The summed E-state index contributed by atoms with van der Waals surface area (Å²) in [6.07, 6.45) is 1.71. The second-order valence-electron chi connectivity index (χ2n) is 3.71. The van der Waals surface area contributed by atoms with Gasteiger partial charge in [0, 0.05) is 25.9 Å². The summed E-state index contributed by atoms with van der Waals surface area (Å²) < 4.78 is 5.33. The monoisotopic (exact) mass is 236 g/mol. The lowest BCUT2D eigenvalue weighted by Gasteiger charge is -2.23. The number of rotatable bonds is 7. The second-order valence-corrected chi connectivity index (χ2v) is 3.71. The molecule has 0 aromatic carbocycles. The average molecular weight is 236 g/mol. The van der Waals surface area contributed by atoms with Gasteiger partial charge in [0.25, 0.3) is 0 Å². The average Bonchev–Trinajstić information content (AvgIpc) is 2.35.